The van der Waals surface area contributed by atoms with E-state index in [4.69, 9.17) is 0 Å². The van der Waals surface area contributed by atoms with E-state index in [1.54, 1.807) is 0 Å². The largest absolute Gasteiger partial charge is 0.368 e. The van der Waals surface area contributed by atoms with E-state index < -0.39 is 11.6 Å². The molecule has 1 unspecified atom stereocenters. The molecule has 118 valence electrons. The van der Waals surface area contributed by atoms with Gasteiger partial charge in [-0.3, -0.25) is 4.90 Å². The van der Waals surface area contributed by atoms with E-state index in [-0.39, 0.29) is 11.6 Å². The SMILES string of the molecule is CCCNc1nc(NCC(C)N2CCCC2)c(F)cc1F. The maximum Gasteiger partial charge on any atom is 0.168 e. The molecule has 1 aromatic heterocycles. The third kappa shape index (κ3) is 4.27. The predicted octanol–water partition coefficient (Wildman–Crippen LogP) is 3.08. The fourth-order valence-corrected chi connectivity index (χ4v) is 2.51. The predicted molar refractivity (Wildman–Crippen MR) is 81.7 cm³/mol. The zero-order valence-corrected chi connectivity index (χ0v) is 12.8. The molecule has 0 radical (unpaired) electrons. The Morgan fingerprint density at radius 3 is 2.43 bits per heavy atom. The van der Waals surface area contributed by atoms with Crippen molar-refractivity contribution in [1.29, 1.82) is 0 Å². The number of rotatable bonds is 7. The van der Waals surface area contributed by atoms with Gasteiger partial charge >= 0.3 is 0 Å². The zero-order valence-electron chi connectivity index (χ0n) is 12.8. The molecule has 2 rings (SSSR count). The van der Waals surface area contributed by atoms with E-state index in [1.165, 1.54) is 12.8 Å². The smallest absolute Gasteiger partial charge is 0.168 e. The van der Waals surface area contributed by atoms with Crippen molar-refractivity contribution in [3.8, 4) is 0 Å². The highest BCUT2D eigenvalue weighted by atomic mass is 19.1. The average molecular weight is 298 g/mol. The van der Waals surface area contributed by atoms with Crippen LogP contribution in [-0.4, -0.2) is 42.1 Å². The molecule has 2 N–H and O–H groups in total. The number of halogens is 2. The Morgan fingerprint density at radius 2 is 1.81 bits per heavy atom. The lowest BCUT2D eigenvalue weighted by atomic mass is 10.3. The van der Waals surface area contributed by atoms with E-state index in [2.05, 4.69) is 27.4 Å². The Bertz CT molecular complexity index is 461. The van der Waals surface area contributed by atoms with Gasteiger partial charge in [0.05, 0.1) is 0 Å². The lowest BCUT2D eigenvalue weighted by Gasteiger charge is -2.24. The van der Waals surface area contributed by atoms with E-state index in [0.717, 1.165) is 25.6 Å². The number of aromatic nitrogens is 1. The summed E-state index contributed by atoms with van der Waals surface area (Å²) < 4.78 is 27.4. The summed E-state index contributed by atoms with van der Waals surface area (Å²) in [5.74, 6) is -1.09. The van der Waals surface area contributed by atoms with Gasteiger partial charge in [-0.05, 0) is 39.3 Å². The number of nitrogens with zero attached hydrogens (tertiary/aromatic N) is 2. The molecular weight excluding hydrogens is 274 g/mol. The van der Waals surface area contributed by atoms with Crippen LogP contribution in [0.2, 0.25) is 0 Å². The lowest BCUT2D eigenvalue weighted by Crippen LogP contribution is -2.35. The zero-order chi connectivity index (χ0) is 15.2. The summed E-state index contributed by atoms with van der Waals surface area (Å²) in [5.41, 5.74) is 0. The lowest BCUT2D eigenvalue weighted by molar-refractivity contribution is 0.269. The van der Waals surface area contributed by atoms with Crippen LogP contribution in [0.25, 0.3) is 0 Å². The van der Waals surface area contributed by atoms with Crippen LogP contribution in [0.15, 0.2) is 6.07 Å². The summed E-state index contributed by atoms with van der Waals surface area (Å²) in [5, 5.41) is 5.87. The highest BCUT2D eigenvalue weighted by Crippen LogP contribution is 2.19. The normalized spacial score (nSPS) is 17.0. The second kappa shape index (κ2) is 7.54. The van der Waals surface area contributed by atoms with Gasteiger partial charge in [-0.1, -0.05) is 6.92 Å². The number of nitrogens with one attached hydrogen (secondary N) is 2. The first-order valence-corrected chi connectivity index (χ1v) is 7.69. The number of likely N-dealkylation sites (tertiary alicyclic amines) is 1. The molecule has 1 aromatic rings. The summed E-state index contributed by atoms with van der Waals surface area (Å²) in [6.07, 6.45) is 3.30. The van der Waals surface area contributed by atoms with Crippen LogP contribution >= 0.6 is 0 Å². The van der Waals surface area contributed by atoms with E-state index in [9.17, 15) is 8.78 Å². The Labute approximate surface area is 124 Å². The number of hydrogen-bond acceptors (Lipinski definition) is 4. The van der Waals surface area contributed by atoms with Crippen molar-refractivity contribution in [3.05, 3.63) is 17.7 Å². The van der Waals surface area contributed by atoms with Crippen LogP contribution in [0.4, 0.5) is 20.4 Å². The van der Waals surface area contributed by atoms with Crippen molar-refractivity contribution in [3.63, 3.8) is 0 Å². The van der Waals surface area contributed by atoms with E-state index in [0.29, 0.717) is 19.1 Å². The van der Waals surface area contributed by atoms with Gasteiger partial charge in [-0.25, -0.2) is 13.8 Å². The van der Waals surface area contributed by atoms with Gasteiger partial charge in [0.2, 0.25) is 0 Å². The molecule has 0 aliphatic carbocycles. The molecule has 1 fully saturated rings. The van der Waals surface area contributed by atoms with E-state index >= 15 is 0 Å². The van der Waals surface area contributed by atoms with Crippen molar-refractivity contribution < 1.29 is 8.78 Å². The Hall–Kier alpha value is -1.43. The van der Waals surface area contributed by atoms with Crippen molar-refractivity contribution >= 4 is 11.6 Å². The van der Waals surface area contributed by atoms with Crippen LogP contribution in [0, 0.1) is 11.6 Å². The highest BCUT2D eigenvalue weighted by Gasteiger charge is 2.19. The Morgan fingerprint density at radius 1 is 1.19 bits per heavy atom. The summed E-state index contributed by atoms with van der Waals surface area (Å²) in [6.45, 7) is 7.47. The van der Waals surface area contributed by atoms with Gasteiger partial charge in [0, 0.05) is 25.2 Å². The Balaban J connectivity index is 1.97. The molecule has 2 heterocycles. The van der Waals surface area contributed by atoms with Gasteiger partial charge in [-0.15, -0.1) is 0 Å². The molecule has 1 aliphatic heterocycles. The topological polar surface area (TPSA) is 40.2 Å². The summed E-state index contributed by atoms with van der Waals surface area (Å²) in [4.78, 5) is 6.38. The van der Waals surface area contributed by atoms with Crippen LogP contribution in [0.3, 0.4) is 0 Å². The molecule has 21 heavy (non-hydrogen) atoms. The van der Waals surface area contributed by atoms with Gasteiger partial charge in [0.25, 0.3) is 0 Å². The number of hydrogen-bond donors (Lipinski definition) is 2. The highest BCUT2D eigenvalue weighted by molar-refractivity contribution is 5.47. The maximum atomic E-state index is 13.8. The minimum atomic E-state index is -0.654. The molecule has 0 saturated carbocycles. The first kappa shape index (κ1) is 15.9. The maximum absolute atomic E-state index is 13.8. The minimum Gasteiger partial charge on any atom is -0.368 e. The molecule has 0 bridgehead atoms. The second-order valence-corrected chi connectivity index (χ2v) is 5.55. The first-order valence-electron chi connectivity index (χ1n) is 7.69. The number of anilines is 2. The first-order chi connectivity index (χ1) is 10.1. The Kier molecular flexibility index (Phi) is 5.73. The van der Waals surface area contributed by atoms with Crippen molar-refractivity contribution in [2.45, 2.75) is 39.2 Å². The van der Waals surface area contributed by atoms with Gasteiger partial charge in [0.1, 0.15) is 0 Å². The summed E-state index contributed by atoms with van der Waals surface area (Å²) in [7, 11) is 0. The minimum absolute atomic E-state index is 0.106. The molecule has 6 heteroatoms. The average Bonchev–Trinajstić information content (AvgIpc) is 2.99. The number of pyridine rings is 1. The summed E-state index contributed by atoms with van der Waals surface area (Å²) in [6, 6.07) is 1.19. The fraction of sp³-hybridized carbons (Fsp3) is 0.667. The molecule has 0 spiro atoms. The molecule has 4 nitrogen and oxygen atoms in total. The van der Waals surface area contributed by atoms with Crippen molar-refractivity contribution in [2.24, 2.45) is 0 Å². The van der Waals surface area contributed by atoms with Crippen molar-refractivity contribution in [1.82, 2.24) is 9.88 Å². The fourth-order valence-electron chi connectivity index (χ4n) is 2.51. The van der Waals surface area contributed by atoms with Gasteiger partial charge < -0.3 is 10.6 Å². The molecule has 1 aliphatic rings. The molecule has 0 aromatic carbocycles. The molecular formula is C15H24F2N4. The third-order valence-corrected chi connectivity index (χ3v) is 3.80. The van der Waals surface area contributed by atoms with Gasteiger partial charge in [0.15, 0.2) is 23.3 Å². The van der Waals surface area contributed by atoms with Crippen LogP contribution in [0.5, 0.6) is 0 Å². The van der Waals surface area contributed by atoms with Gasteiger partial charge in [-0.2, -0.15) is 0 Å². The summed E-state index contributed by atoms with van der Waals surface area (Å²) >= 11 is 0. The monoisotopic (exact) mass is 298 g/mol. The van der Waals surface area contributed by atoms with Crippen LogP contribution in [0.1, 0.15) is 33.1 Å². The van der Waals surface area contributed by atoms with Crippen molar-refractivity contribution in [2.75, 3.05) is 36.8 Å². The molecule has 1 saturated heterocycles. The second-order valence-electron chi connectivity index (χ2n) is 5.55. The third-order valence-electron chi connectivity index (χ3n) is 3.80. The quantitative estimate of drug-likeness (QED) is 0.811. The standard InChI is InChI=1S/C15H24F2N4/c1-3-6-18-14-12(16)9-13(17)15(20-14)19-10-11(2)21-7-4-5-8-21/h9,11H,3-8,10H2,1-2H3,(H2,18,19,20). The van der Waals surface area contributed by atoms with Crippen LogP contribution < -0.4 is 10.6 Å². The molecule has 1 atom stereocenters. The van der Waals surface area contributed by atoms with E-state index in [1.807, 2.05) is 6.92 Å². The molecule has 0 amide bonds. The van der Waals surface area contributed by atoms with Crippen LogP contribution in [-0.2, 0) is 0 Å².